The summed E-state index contributed by atoms with van der Waals surface area (Å²) in [6.45, 7) is 2.03. The highest BCUT2D eigenvalue weighted by Gasteiger charge is 2.34. The molecule has 8 heteroatoms. The maximum absolute atomic E-state index is 15.2. The highest BCUT2D eigenvalue weighted by Crippen LogP contribution is 2.39. The van der Waals surface area contributed by atoms with Crippen LogP contribution in [0.25, 0.3) is 22.8 Å². The number of fused-ring (bicyclic) bond motifs is 1. The van der Waals surface area contributed by atoms with E-state index in [0.717, 1.165) is 29.2 Å². The molecule has 1 nitrogen and oxygen atoms in total. The van der Waals surface area contributed by atoms with Crippen LogP contribution in [0.5, 0.6) is 5.75 Å². The van der Waals surface area contributed by atoms with Gasteiger partial charge in [0.15, 0.2) is 11.6 Å². The molecule has 1 aliphatic carbocycles. The highest BCUT2D eigenvalue weighted by molar-refractivity contribution is 5.85. The number of halogens is 7. The average molecular weight is 466 g/mol. The van der Waals surface area contributed by atoms with Gasteiger partial charge in [-0.05, 0) is 70.9 Å². The lowest BCUT2D eigenvalue weighted by Crippen LogP contribution is -2.19. The zero-order valence-corrected chi connectivity index (χ0v) is 17.3. The first-order valence-corrected chi connectivity index (χ1v) is 10.1. The van der Waals surface area contributed by atoms with E-state index in [1.54, 1.807) is 6.08 Å². The second kappa shape index (κ2) is 8.57. The molecule has 172 valence electrons. The number of aryl methyl sites for hydroxylation is 1. The fourth-order valence-electron chi connectivity index (χ4n) is 3.94. The number of ether oxygens (including phenoxy) is 1. The molecule has 0 fully saturated rings. The Morgan fingerprint density at radius 2 is 1.45 bits per heavy atom. The molecule has 0 spiro atoms. The zero-order valence-electron chi connectivity index (χ0n) is 17.3. The lowest BCUT2D eigenvalue weighted by atomic mass is 9.86. The number of allylic oxidation sites excluding steroid dienone is 1. The van der Waals surface area contributed by atoms with Crippen LogP contribution >= 0.6 is 0 Å². The van der Waals surface area contributed by atoms with Gasteiger partial charge in [0.05, 0.1) is 5.56 Å². The van der Waals surface area contributed by atoms with E-state index < -0.39 is 46.5 Å². The minimum Gasteiger partial charge on any atom is -0.399 e. The molecule has 0 aliphatic heterocycles. The van der Waals surface area contributed by atoms with Gasteiger partial charge in [-0.2, -0.15) is 0 Å². The molecule has 0 bridgehead atoms. The van der Waals surface area contributed by atoms with Crippen LogP contribution in [-0.2, 0) is 12.8 Å². The molecule has 0 aromatic heterocycles. The van der Waals surface area contributed by atoms with E-state index in [4.69, 9.17) is 0 Å². The van der Waals surface area contributed by atoms with Crippen molar-refractivity contribution in [2.45, 2.75) is 32.5 Å². The Balaban J connectivity index is 1.74. The summed E-state index contributed by atoms with van der Waals surface area (Å²) in [5, 5.41) is 0. The van der Waals surface area contributed by atoms with Crippen LogP contribution in [0.1, 0.15) is 35.6 Å². The summed E-state index contributed by atoms with van der Waals surface area (Å²) in [7, 11) is 0. The van der Waals surface area contributed by atoms with Gasteiger partial charge >= 0.3 is 6.36 Å². The van der Waals surface area contributed by atoms with Gasteiger partial charge < -0.3 is 4.74 Å². The van der Waals surface area contributed by atoms with Crippen LogP contribution in [0, 0.1) is 23.3 Å². The molecule has 0 amide bonds. The molecule has 0 saturated heterocycles. The van der Waals surface area contributed by atoms with E-state index in [2.05, 4.69) is 4.74 Å². The van der Waals surface area contributed by atoms with Crippen LogP contribution in [0.15, 0.2) is 42.5 Å². The smallest absolute Gasteiger partial charge is 0.399 e. The molecule has 0 unspecified atom stereocenters. The predicted octanol–water partition coefficient (Wildman–Crippen LogP) is 7.86. The third-order valence-corrected chi connectivity index (χ3v) is 5.57. The Hall–Kier alpha value is -3.29. The van der Waals surface area contributed by atoms with Crippen LogP contribution in [0.2, 0.25) is 0 Å². The van der Waals surface area contributed by atoms with Crippen molar-refractivity contribution in [3.05, 3.63) is 88.0 Å². The SMILES string of the molecule is CCc1ccc(C2=Cc3cc(F)c(-c4cc(F)c(OC(F)(F)F)c(F)c4)c(F)c3CC2)cc1. The monoisotopic (exact) mass is 466 g/mol. The molecule has 4 rings (SSSR count). The molecule has 0 N–H and O–H groups in total. The quantitative estimate of drug-likeness (QED) is 0.356. The summed E-state index contributed by atoms with van der Waals surface area (Å²) >= 11 is 0. The third kappa shape index (κ3) is 4.60. The van der Waals surface area contributed by atoms with E-state index >= 15 is 4.39 Å². The van der Waals surface area contributed by atoms with Crippen molar-refractivity contribution in [2.24, 2.45) is 0 Å². The Morgan fingerprint density at radius 3 is 2.03 bits per heavy atom. The summed E-state index contributed by atoms with van der Waals surface area (Å²) in [6, 6.07) is 9.72. The first-order valence-electron chi connectivity index (χ1n) is 10.1. The minimum absolute atomic E-state index is 0.164. The van der Waals surface area contributed by atoms with Crippen LogP contribution in [0.3, 0.4) is 0 Å². The Morgan fingerprint density at radius 1 is 0.818 bits per heavy atom. The van der Waals surface area contributed by atoms with Crippen molar-refractivity contribution in [2.75, 3.05) is 0 Å². The zero-order chi connectivity index (χ0) is 23.9. The Labute approximate surface area is 185 Å². The van der Waals surface area contributed by atoms with Crippen molar-refractivity contribution in [1.29, 1.82) is 0 Å². The summed E-state index contributed by atoms with van der Waals surface area (Å²) in [4.78, 5) is 0. The van der Waals surface area contributed by atoms with Gasteiger partial charge in [0.2, 0.25) is 5.75 Å². The van der Waals surface area contributed by atoms with Gasteiger partial charge in [-0.1, -0.05) is 37.3 Å². The van der Waals surface area contributed by atoms with Crippen LogP contribution < -0.4 is 4.74 Å². The van der Waals surface area contributed by atoms with E-state index in [-0.39, 0.29) is 12.0 Å². The fourth-order valence-corrected chi connectivity index (χ4v) is 3.94. The molecule has 0 atom stereocenters. The first-order chi connectivity index (χ1) is 15.6. The number of hydrogen-bond donors (Lipinski definition) is 0. The number of rotatable bonds is 4. The van der Waals surface area contributed by atoms with E-state index in [9.17, 15) is 26.3 Å². The maximum Gasteiger partial charge on any atom is 0.573 e. The second-order valence-corrected chi connectivity index (χ2v) is 7.65. The van der Waals surface area contributed by atoms with E-state index in [1.807, 2.05) is 31.2 Å². The molecular formula is C25H17F7O. The molecule has 1 aliphatic rings. The topological polar surface area (TPSA) is 9.23 Å². The van der Waals surface area contributed by atoms with Crippen LogP contribution in [0.4, 0.5) is 30.7 Å². The molecule has 3 aromatic carbocycles. The lowest BCUT2D eigenvalue weighted by Gasteiger charge is -2.20. The summed E-state index contributed by atoms with van der Waals surface area (Å²) in [5.74, 6) is -7.24. The van der Waals surface area contributed by atoms with Crippen molar-refractivity contribution < 1.29 is 35.5 Å². The third-order valence-electron chi connectivity index (χ3n) is 5.57. The standard InChI is InChI=1S/C25H17F7O/c1-2-13-3-5-14(6-4-13)15-7-8-18-16(9-15)10-19(26)22(23(18)29)17-11-20(27)24(21(28)12-17)33-25(30,31)32/h3-6,9-12H,2,7-8H2,1H3. The van der Waals surface area contributed by atoms with Crippen molar-refractivity contribution >= 4 is 11.6 Å². The molecule has 3 aromatic rings. The fraction of sp³-hybridized carbons (Fsp3) is 0.200. The van der Waals surface area contributed by atoms with E-state index in [1.165, 1.54) is 0 Å². The van der Waals surface area contributed by atoms with Crippen molar-refractivity contribution in [3.8, 4) is 16.9 Å². The largest absolute Gasteiger partial charge is 0.573 e. The number of hydrogen-bond acceptors (Lipinski definition) is 1. The van der Waals surface area contributed by atoms with Gasteiger partial charge in [-0.25, -0.2) is 17.6 Å². The van der Waals surface area contributed by atoms with Gasteiger partial charge in [-0.15, -0.1) is 13.2 Å². The lowest BCUT2D eigenvalue weighted by molar-refractivity contribution is -0.276. The molecule has 0 heterocycles. The van der Waals surface area contributed by atoms with Gasteiger partial charge in [0.25, 0.3) is 0 Å². The van der Waals surface area contributed by atoms with Gasteiger partial charge in [0, 0.05) is 0 Å². The summed E-state index contributed by atoms with van der Waals surface area (Å²) < 4.78 is 98.7. The van der Waals surface area contributed by atoms with Crippen molar-refractivity contribution in [3.63, 3.8) is 0 Å². The summed E-state index contributed by atoms with van der Waals surface area (Å²) in [5.41, 5.74) is 2.15. The molecule has 33 heavy (non-hydrogen) atoms. The number of benzene rings is 3. The molecular weight excluding hydrogens is 449 g/mol. The van der Waals surface area contributed by atoms with E-state index in [0.29, 0.717) is 24.1 Å². The Bertz CT molecular complexity index is 1220. The maximum atomic E-state index is 15.2. The minimum atomic E-state index is -5.33. The van der Waals surface area contributed by atoms with Crippen molar-refractivity contribution in [1.82, 2.24) is 0 Å². The highest BCUT2D eigenvalue weighted by atomic mass is 19.4. The van der Waals surface area contributed by atoms with Gasteiger partial charge in [0.1, 0.15) is 11.6 Å². The van der Waals surface area contributed by atoms with Gasteiger partial charge in [-0.3, -0.25) is 0 Å². The van der Waals surface area contributed by atoms with Crippen LogP contribution in [-0.4, -0.2) is 6.36 Å². The summed E-state index contributed by atoms with van der Waals surface area (Å²) in [6.07, 6.45) is -2.10. The first kappa shape index (κ1) is 22.9. The average Bonchev–Trinajstić information content (AvgIpc) is 2.75. The molecule has 0 saturated carbocycles. The Kier molecular flexibility index (Phi) is 5.95. The second-order valence-electron chi connectivity index (χ2n) is 7.65. The number of alkyl halides is 3. The molecule has 0 radical (unpaired) electrons. The predicted molar refractivity (Wildman–Crippen MR) is 110 cm³/mol. The normalized spacial score (nSPS) is 13.5.